The second kappa shape index (κ2) is 7.57. The largest absolute Gasteiger partial charge is 0.457 e. The molecule has 112 valence electrons. The summed E-state index contributed by atoms with van der Waals surface area (Å²) in [7, 11) is 0. The molecule has 1 atom stereocenters. The third-order valence-corrected chi connectivity index (χ3v) is 3.79. The molecule has 0 amide bonds. The lowest BCUT2D eigenvalue weighted by molar-refractivity contribution is 0.477. The van der Waals surface area contributed by atoms with Crippen LogP contribution in [0.5, 0.6) is 11.5 Å². The van der Waals surface area contributed by atoms with Gasteiger partial charge in [-0.15, -0.1) is 0 Å². The van der Waals surface area contributed by atoms with Crippen molar-refractivity contribution in [2.24, 2.45) is 0 Å². The number of ether oxygens (including phenoxy) is 1. The van der Waals surface area contributed by atoms with E-state index in [9.17, 15) is 4.39 Å². The highest BCUT2D eigenvalue weighted by atomic mass is 79.9. The number of hydrogen-bond donors (Lipinski definition) is 1. The van der Waals surface area contributed by atoms with Gasteiger partial charge in [0.05, 0.1) is 4.47 Å². The Bertz CT molecular complexity index is 603. The smallest absolute Gasteiger partial charge is 0.137 e. The van der Waals surface area contributed by atoms with Gasteiger partial charge in [-0.3, -0.25) is 0 Å². The van der Waals surface area contributed by atoms with Crippen LogP contribution in [0.4, 0.5) is 4.39 Å². The molecule has 0 aliphatic heterocycles. The maximum atomic E-state index is 13.2. The summed E-state index contributed by atoms with van der Waals surface area (Å²) in [5.74, 6) is 1.05. The van der Waals surface area contributed by atoms with E-state index in [0.29, 0.717) is 10.2 Å². The lowest BCUT2D eigenvalue weighted by Crippen LogP contribution is -2.19. The molecule has 0 saturated carbocycles. The highest BCUT2D eigenvalue weighted by Crippen LogP contribution is 2.28. The molecule has 0 aliphatic rings. The zero-order valence-corrected chi connectivity index (χ0v) is 13.8. The van der Waals surface area contributed by atoms with Gasteiger partial charge in [0.15, 0.2) is 0 Å². The van der Waals surface area contributed by atoms with E-state index in [1.165, 1.54) is 11.6 Å². The summed E-state index contributed by atoms with van der Waals surface area (Å²) in [6.45, 7) is 5.26. The van der Waals surface area contributed by atoms with Crippen molar-refractivity contribution in [3.8, 4) is 11.5 Å². The van der Waals surface area contributed by atoms with Gasteiger partial charge in [-0.1, -0.05) is 19.1 Å². The lowest BCUT2D eigenvalue weighted by atomic mass is 10.1. The fourth-order valence-corrected chi connectivity index (χ4v) is 2.36. The van der Waals surface area contributed by atoms with Crippen molar-refractivity contribution in [3.63, 3.8) is 0 Å². The highest BCUT2D eigenvalue weighted by molar-refractivity contribution is 9.10. The van der Waals surface area contributed by atoms with Crippen LogP contribution in [0.2, 0.25) is 0 Å². The van der Waals surface area contributed by atoms with Crippen molar-refractivity contribution in [2.75, 3.05) is 6.54 Å². The van der Waals surface area contributed by atoms with E-state index in [1.807, 2.05) is 18.2 Å². The third-order valence-electron chi connectivity index (χ3n) is 3.19. The van der Waals surface area contributed by atoms with Crippen molar-refractivity contribution < 1.29 is 9.13 Å². The molecule has 2 nitrogen and oxygen atoms in total. The molecule has 0 radical (unpaired) electrons. The average molecular weight is 352 g/mol. The van der Waals surface area contributed by atoms with Gasteiger partial charge in [0.2, 0.25) is 0 Å². The molecule has 0 spiro atoms. The first-order valence-electron chi connectivity index (χ1n) is 7.06. The first kappa shape index (κ1) is 16.0. The van der Waals surface area contributed by atoms with Gasteiger partial charge in [0.1, 0.15) is 17.3 Å². The number of halogens is 2. The van der Waals surface area contributed by atoms with Gasteiger partial charge in [-0.2, -0.15) is 0 Å². The monoisotopic (exact) mass is 351 g/mol. The Kier molecular flexibility index (Phi) is 5.76. The van der Waals surface area contributed by atoms with Crippen LogP contribution in [0.3, 0.4) is 0 Å². The van der Waals surface area contributed by atoms with Crippen LogP contribution in [0.1, 0.15) is 31.9 Å². The summed E-state index contributed by atoms with van der Waals surface area (Å²) < 4.78 is 19.4. The van der Waals surface area contributed by atoms with Crippen LogP contribution >= 0.6 is 15.9 Å². The van der Waals surface area contributed by atoms with Gasteiger partial charge >= 0.3 is 0 Å². The van der Waals surface area contributed by atoms with E-state index >= 15 is 0 Å². The fraction of sp³-hybridized carbons (Fsp3) is 0.294. The molecule has 0 bridgehead atoms. The quantitative estimate of drug-likeness (QED) is 0.747. The molecule has 4 heteroatoms. The Hall–Kier alpha value is -1.39. The van der Waals surface area contributed by atoms with Crippen molar-refractivity contribution in [1.29, 1.82) is 0 Å². The van der Waals surface area contributed by atoms with E-state index in [-0.39, 0.29) is 11.9 Å². The minimum atomic E-state index is -0.298. The van der Waals surface area contributed by atoms with E-state index in [1.54, 1.807) is 12.1 Å². The van der Waals surface area contributed by atoms with E-state index in [2.05, 4.69) is 41.2 Å². The third kappa shape index (κ3) is 4.55. The molecule has 0 heterocycles. The molecule has 21 heavy (non-hydrogen) atoms. The molecule has 0 saturated heterocycles. The Morgan fingerprint density at radius 2 is 1.95 bits per heavy atom. The number of rotatable bonds is 6. The predicted molar refractivity (Wildman–Crippen MR) is 87.3 cm³/mol. The summed E-state index contributed by atoms with van der Waals surface area (Å²) in [5.41, 5.74) is 1.17. The summed E-state index contributed by atoms with van der Waals surface area (Å²) in [4.78, 5) is 0. The molecule has 2 aromatic rings. The summed E-state index contributed by atoms with van der Waals surface area (Å²) >= 11 is 3.16. The van der Waals surface area contributed by atoms with Crippen LogP contribution in [0.15, 0.2) is 46.9 Å². The van der Waals surface area contributed by atoms with Gasteiger partial charge in [0.25, 0.3) is 0 Å². The Morgan fingerprint density at radius 1 is 1.19 bits per heavy atom. The fourth-order valence-electron chi connectivity index (χ4n) is 2.00. The molecular formula is C17H19BrFNO. The van der Waals surface area contributed by atoms with Crippen molar-refractivity contribution in [2.45, 2.75) is 26.3 Å². The van der Waals surface area contributed by atoms with Gasteiger partial charge < -0.3 is 10.1 Å². The average Bonchev–Trinajstić information content (AvgIpc) is 2.49. The van der Waals surface area contributed by atoms with E-state index in [0.717, 1.165) is 18.7 Å². The van der Waals surface area contributed by atoms with Crippen LogP contribution in [0, 0.1) is 5.82 Å². The first-order valence-corrected chi connectivity index (χ1v) is 7.85. The van der Waals surface area contributed by atoms with Crippen LogP contribution < -0.4 is 10.1 Å². The standard InChI is InChI=1S/C17H19BrFNO/c1-3-9-20-12(2)13-5-4-6-14(10-13)21-15-7-8-17(19)16(18)11-15/h4-8,10-12,20H,3,9H2,1-2H3. The SMILES string of the molecule is CCCNC(C)c1cccc(Oc2ccc(F)c(Br)c2)c1. The van der Waals surface area contributed by atoms with Crippen molar-refractivity contribution >= 4 is 15.9 Å². The van der Waals surface area contributed by atoms with Gasteiger partial charge in [0, 0.05) is 6.04 Å². The maximum absolute atomic E-state index is 13.2. The molecule has 0 aromatic heterocycles. The first-order chi connectivity index (χ1) is 10.1. The molecule has 1 N–H and O–H groups in total. The van der Waals surface area contributed by atoms with E-state index < -0.39 is 0 Å². The normalized spacial score (nSPS) is 12.2. The second-order valence-corrected chi connectivity index (χ2v) is 5.78. The lowest BCUT2D eigenvalue weighted by Gasteiger charge is -2.15. The van der Waals surface area contributed by atoms with Crippen LogP contribution in [0.25, 0.3) is 0 Å². The predicted octanol–water partition coefficient (Wildman–Crippen LogP) is 5.44. The Morgan fingerprint density at radius 3 is 2.67 bits per heavy atom. The minimum Gasteiger partial charge on any atom is -0.457 e. The summed E-state index contributed by atoms with van der Waals surface area (Å²) in [6.07, 6.45) is 1.10. The Balaban J connectivity index is 2.11. The van der Waals surface area contributed by atoms with Crippen LogP contribution in [-0.4, -0.2) is 6.54 Å². The van der Waals surface area contributed by atoms with Crippen molar-refractivity contribution in [3.05, 3.63) is 58.3 Å². The number of nitrogens with one attached hydrogen (secondary N) is 1. The molecule has 2 aromatic carbocycles. The van der Waals surface area contributed by atoms with Gasteiger partial charge in [-0.05, 0) is 71.7 Å². The molecule has 1 unspecified atom stereocenters. The zero-order chi connectivity index (χ0) is 15.2. The second-order valence-electron chi connectivity index (χ2n) is 4.93. The molecular weight excluding hydrogens is 333 g/mol. The molecule has 0 aliphatic carbocycles. The summed E-state index contributed by atoms with van der Waals surface area (Å²) in [5, 5.41) is 3.44. The van der Waals surface area contributed by atoms with Gasteiger partial charge in [-0.25, -0.2) is 4.39 Å². The van der Waals surface area contributed by atoms with Crippen LogP contribution in [-0.2, 0) is 0 Å². The number of benzene rings is 2. The molecule has 0 fully saturated rings. The Labute approximate surface area is 133 Å². The topological polar surface area (TPSA) is 21.3 Å². The van der Waals surface area contributed by atoms with E-state index in [4.69, 9.17) is 4.74 Å². The highest BCUT2D eigenvalue weighted by Gasteiger charge is 2.07. The van der Waals surface area contributed by atoms with Crippen molar-refractivity contribution in [1.82, 2.24) is 5.32 Å². The molecule has 2 rings (SSSR count). The summed E-state index contributed by atoms with van der Waals surface area (Å²) in [6, 6.07) is 12.8. The zero-order valence-electron chi connectivity index (χ0n) is 12.2. The number of hydrogen-bond acceptors (Lipinski definition) is 2. The minimum absolute atomic E-state index is 0.272. The maximum Gasteiger partial charge on any atom is 0.137 e.